The number of carbonyl (C=O) groups excluding carboxylic acids is 1. The van der Waals surface area contributed by atoms with Gasteiger partial charge in [0.25, 0.3) is 11.6 Å². The first kappa shape index (κ1) is 23.2. The third-order valence-electron chi connectivity index (χ3n) is 4.30. The number of benzene rings is 3. The lowest BCUT2D eigenvalue weighted by Crippen LogP contribution is -2.17. The monoisotopic (exact) mass is 517 g/mol. The average molecular weight is 519 g/mol. The Morgan fingerprint density at radius 1 is 1.16 bits per heavy atom. The number of ether oxygens (including phenoxy) is 2. The van der Waals surface area contributed by atoms with Crippen LogP contribution in [0.1, 0.15) is 21.5 Å². The number of hydrogen-bond donors (Lipinski definition) is 1. The maximum atomic E-state index is 12.1. The molecule has 1 amide bonds. The number of nitrogens with one attached hydrogen (secondary N) is 1. The molecule has 32 heavy (non-hydrogen) atoms. The van der Waals surface area contributed by atoms with Gasteiger partial charge in [-0.1, -0.05) is 11.6 Å². The molecule has 0 radical (unpaired) electrons. The van der Waals surface area contributed by atoms with Crippen molar-refractivity contribution in [2.45, 2.75) is 6.61 Å². The van der Waals surface area contributed by atoms with Crippen molar-refractivity contribution in [1.82, 2.24) is 5.43 Å². The second-order valence-electron chi connectivity index (χ2n) is 6.44. The molecule has 0 fully saturated rings. The summed E-state index contributed by atoms with van der Waals surface area (Å²) >= 11 is 9.27. The number of nitrogens with zero attached hydrogens (tertiary/aromatic N) is 2. The molecule has 0 saturated heterocycles. The van der Waals surface area contributed by atoms with Gasteiger partial charge >= 0.3 is 0 Å². The molecule has 0 aliphatic rings. The fourth-order valence-corrected chi connectivity index (χ4v) is 3.17. The number of halogens is 2. The van der Waals surface area contributed by atoms with Gasteiger partial charge in [-0.15, -0.1) is 0 Å². The summed E-state index contributed by atoms with van der Waals surface area (Å²) in [6.45, 7) is 0.200. The zero-order valence-electron chi connectivity index (χ0n) is 16.7. The molecule has 0 bridgehead atoms. The summed E-state index contributed by atoms with van der Waals surface area (Å²) in [5, 5.41) is 15.3. The number of carbonyl (C=O) groups is 1. The third kappa shape index (κ3) is 6.05. The van der Waals surface area contributed by atoms with Gasteiger partial charge in [0.2, 0.25) is 0 Å². The van der Waals surface area contributed by atoms with E-state index in [0.717, 1.165) is 5.56 Å². The van der Waals surface area contributed by atoms with Crippen LogP contribution in [0.3, 0.4) is 0 Å². The Morgan fingerprint density at radius 3 is 2.47 bits per heavy atom. The highest BCUT2D eigenvalue weighted by Gasteiger charge is 2.11. The summed E-state index contributed by atoms with van der Waals surface area (Å²) in [6, 6.07) is 16.0. The van der Waals surface area contributed by atoms with Crippen LogP contribution < -0.4 is 14.9 Å². The highest BCUT2D eigenvalue weighted by molar-refractivity contribution is 9.10. The lowest BCUT2D eigenvalue weighted by Gasteiger charge is -2.12. The first-order chi connectivity index (χ1) is 15.4. The maximum absolute atomic E-state index is 12.1. The largest absolute Gasteiger partial charge is 0.493 e. The molecule has 0 unspecified atom stereocenters. The minimum Gasteiger partial charge on any atom is -0.493 e. The summed E-state index contributed by atoms with van der Waals surface area (Å²) < 4.78 is 11.9. The van der Waals surface area contributed by atoms with Crippen molar-refractivity contribution in [3.63, 3.8) is 0 Å². The highest BCUT2D eigenvalue weighted by atomic mass is 79.9. The number of amides is 1. The average Bonchev–Trinajstić information content (AvgIpc) is 2.79. The fraction of sp³-hybridized carbons (Fsp3) is 0.0909. The van der Waals surface area contributed by atoms with E-state index in [9.17, 15) is 14.9 Å². The van der Waals surface area contributed by atoms with Crippen LogP contribution in [-0.2, 0) is 6.61 Å². The number of non-ortho nitro benzene ring substituents is 1. The molecule has 3 aromatic rings. The van der Waals surface area contributed by atoms with Crippen LogP contribution in [0.25, 0.3) is 0 Å². The lowest BCUT2D eigenvalue weighted by atomic mass is 10.2. The van der Waals surface area contributed by atoms with Crippen molar-refractivity contribution in [2.75, 3.05) is 7.11 Å². The Kier molecular flexibility index (Phi) is 7.80. The molecule has 0 heterocycles. The number of hydrogen-bond acceptors (Lipinski definition) is 6. The van der Waals surface area contributed by atoms with E-state index in [-0.39, 0.29) is 18.2 Å². The summed E-state index contributed by atoms with van der Waals surface area (Å²) in [4.78, 5) is 22.4. The van der Waals surface area contributed by atoms with E-state index in [1.807, 2.05) is 0 Å². The Balaban J connectivity index is 1.67. The Morgan fingerprint density at radius 2 is 1.84 bits per heavy atom. The van der Waals surface area contributed by atoms with Gasteiger partial charge in [0, 0.05) is 32.8 Å². The SMILES string of the molecule is COc1cc(/C=N\NC(=O)c2ccc(Cl)cc2)c(Br)cc1OCc1ccc([N+](=O)[O-])cc1. The van der Waals surface area contributed by atoms with Crippen LogP contribution in [0.15, 0.2) is 70.2 Å². The molecule has 3 rings (SSSR count). The molecule has 0 aliphatic heterocycles. The Labute approximate surface area is 197 Å². The molecule has 0 atom stereocenters. The fourth-order valence-electron chi connectivity index (χ4n) is 2.62. The summed E-state index contributed by atoms with van der Waals surface area (Å²) in [6.07, 6.45) is 1.47. The molecule has 0 spiro atoms. The van der Waals surface area contributed by atoms with Gasteiger partial charge in [-0.2, -0.15) is 5.10 Å². The number of nitro groups is 1. The first-order valence-electron chi connectivity index (χ1n) is 9.20. The zero-order chi connectivity index (χ0) is 23.1. The van der Waals surface area contributed by atoms with Crippen LogP contribution in [0.4, 0.5) is 5.69 Å². The van der Waals surface area contributed by atoms with Crippen molar-refractivity contribution in [3.8, 4) is 11.5 Å². The van der Waals surface area contributed by atoms with Crippen LogP contribution in [0.5, 0.6) is 11.5 Å². The first-order valence-corrected chi connectivity index (χ1v) is 10.4. The summed E-state index contributed by atoms with van der Waals surface area (Å²) in [7, 11) is 1.51. The van der Waals surface area contributed by atoms with E-state index in [0.29, 0.717) is 32.1 Å². The summed E-state index contributed by atoms with van der Waals surface area (Å²) in [5.74, 6) is 0.560. The van der Waals surface area contributed by atoms with Crippen molar-refractivity contribution < 1.29 is 19.2 Å². The van der Waals surface area contributed by atoms with Crippen LogP contribution in [0.2, 0.25) is 5.02 Å². The standard InChI is InChI=1S/C22H17BrClN3O5/c1-31-20-10-16(12-25-26-22(28)15-4-6-17(24)7-5-15)19(23)11-21(20)32-13-14-2-8-18(9-3-14)27(29)30/h2-12H,13H2,1H3,(H,26,28)/b25-12-. The molecule has 0 saturated carbocycles. The minimum atomic E-state index is -0.455. The minimum absolute atomic E-state index is 0.0147. The molecule has 10 heteroatoms. The normalized spacial score (nSPS) is 10.7. The van der Waals surface area contributed by atoms with Gasteiger partial charge in [0.05, 0.1) is 18.2 Å². The summed E-state index contributed by atoms with van der Waals surface area (Å²) in [5.41, 5.74) is 4.32. The predicted molar refractivity (Wildman–Crippen MR) is 125 cm³/mol. The number of rotatable bonds is 8. The molecule has 164 valence electrons. The Bertz CT molecular complexity index is 1150. The third-order valence-corrected chi connectivity index (χ3v) is 5.24. The molecule has 1 N–H and O–H groups in total. The zero-order valence-corrected chi connectivity index (χ0v) is 19.1. The molecule has 0 aliphatic carbocycles. The van der Waals surface area contributed by atoms with E-state index in [1.54, 1.807) is 48.5 Å². The van der Waals surface area contributed by atoms with Gasteiger partial charge in [-0.25, -0.2) is 5.43 Å². The van der Waals surface area contributed by atoms with E-state index in [1.165, 1.54) is 25.5 Å². The van der Waals surface area contributed by atoms with Gasteiger partial charge in [-0.3, -0.25) is 14.9 Å². The molecular formula is C22H17BrClN3O5. The number of nitro benzene ring substituents is 1. The van der Waals surface area contributed by atoms with Crippen LogP contribution in [-0.4, -0.2) is 24.2 Å². The van der Waals surface area contributed by atoms with Crippen molar-refractivity contribution in [2.24, 2.45) is 5.10 Å². The van der Waals surface area contributed by atoms with Crippen molar-refractivity contribution >= 4 is 45.3 Å². The van der Waals surface area contributed by atoms with E-state index < -0.39 is 4.92 Å². The number of methoxy groups -OCH3 is 1. The maximum Gasteiger partial charge on any atom is 0.271 e. The molecule has 8 nitrogen and oxygen atoms in total. The molecule has 3 aromatic carbocycles. The van der Waals surface area contributed by atoms with Crippen LogP contribution >= 0.6 is 27.5 Å². The van der Waals surface area contributed by atoms with Gasteiger partial charge < -0.3 is 9.47 Å². The Hall–Kier alpha value is -3.43. The predicted octanol–water partition coefficient (Wildman–Crippen LogP) is 5.36. The van der Waals surface area contributed by atoms with E-state index in [2.05, 4.69) is 26.5 Å². The topological polar surface area (TPSA) is 103 Å². The van der Waals surface area contributed by atoms with Gasteiger partial charge in [-0.05, 0) is 70.0 Å². The smallest absolute Gasteiger partial charge is 0.271 e. The second-order valence-corrected chi connectivity index (χ2v) is 7.73. The number of hydrazone groups is 1. The van der Waals surface area contributed by atoms with Gasteiger partial charge in [0.1, 0.15) is 6.61 Å². The quantitative estimate of drug-likeness (QED) is 0.246. The highest BCUT2D eigenvalue weighted by Crippen LogP contribution is 2.33. The van der Waals surface area contributed by atoms with E-state index >= 15 is 0 Å². The van der Waals surface area contributed by atoms with Crippen LogP contribution in [0, 0.1) is 10.1 Å². The molecular weight excluding hydrogens is 502 g/mol. The van der Waals surface area contributed by atoms with Crippen molar-refractivity contribution in [3.05, 3.63) is 97.0 Å². The van der Waals surface area contributed by atoms with E-state index in [4.69, 9.17) is 21.1 Å². The second kappa shape index (κ2) is 10.7. The molecule has 0 aromatic heterocycles. The van der Waals surface area contributed by atoms with Gasteiger partial charge in [0.15, 0.2) is 11.5 Å². The van der Waals surface area contributed by atoms with Crippen molar-refractivity contribution in [1.29, 1.82) is 0 Å². The lowest BCUT2D eigenvalue weighted by molar-refractivity contribution is -0.384.